The van der Waals surface area contributed by atoms with E-state index in [2.05, 4.69) is 17.1 Å². The predicted octanol–water partition coefficient (Wildman–Crippen LogP) is 3.29. The third-order valence-electron chi connectivity index (χ3n) is 3.92. The van der Waals surface area contributed by atoms with Crippen molar-refractivity contribution in [2.45, 2.75) is 31.8 Å². The van der Waals surface area contributed by atoms with Crippen LogP contribution in [-0.2, 0) is 22.4 Å². The molecule has 1 aliphatic rings. The quantitative estimate of drug-likeness (QED) is 0.844. The van der Waals surface area contributed by atoms with E-state index in [0.717, 1.165) is 18.4 Å². The Morgan fingerprint density at radius 1 is 1.24 bits per heavy atom. The van der Waals surface area contributed by atoms with Gasteiger partial charge in [0.05, 0.1) is 12.7 Å². The first-order chi connectivity index (χ1) is 10.3. The average molecular weight is 281 g/mol. The number of aromatic nitrogens is 1. The smallest absolute Gasteiger partial charge is 0.136 e. The van der Waals surface area contributed by atoms with Crippen LogP contribution in [0, 0.1) is 0 Å². The van der Waals surface area contributed by atoms with Crippen LogP contribution in [0.15, 0.2) is 48.8 Å². The average Bonchev–Trinajstić information content (AvgIpc) is 2.54. The highest BCUT2D eigenvalue weighted by Gasteiger charge is 2.22. The highest BCUT2D eigenvalue weighted by atomic mass is 16.5. The maximum atomic E-state index is 12.2. The Kier molecular flexibility index (Phi) is 4.41. The van der Waals surface area contributed by atoms with Gasteiger partial charge >= 0.3 is 0 Å². The van der Waals surface area contributed by atoms with Gasteiger partial charge in [-0.3, -0.25) is 9.78 Å². The van der Waals surface area contributed by atoms with Crippen LogP contribution in [0.2, 0.25) is 0 Å². The summed E-state index contributed by atoms with van der Waals surface area (Å²) in [7, 11) is 0. The summed E-state index contributed by atoms with van der Waals surface area (Å²) < 4.78 is 5.79. The Morgan fingerprint density at radius 3 is 3.00 bits per heavy atom. The number of ketones is 1. The van der Waals surface area contributed by atoms with Gasteiger partial charge in [-0.2, -0.15) is 0 Å². The van der Waals surface area contributed by atoms with Crippen molar-refractivity contribution in [1.82, 2.24) is 4.98 Å². The molecule has 1 aromatic heterocycles. The molecule has 3 nitrogen and oxygen atoms in total. The molecule has 2 aromatic rings. The molecule has 0 saturated heterocycles. The summed E-state index contributed by atoms with van der Waals surface area (Å²) in [4.78, 5) is 16.3. The maximum Gasteiger partial charge on any atom is 0.136 e. The SMILES string of the molecule is O=C(CCc1cccnc1)CC1OCCc2ccccc21. The number of hydrogen-bond acceptors (Lipinski definition) is 3. The molecule has 0 N–H and O–H groups in total. The molecule has 1 aromatic carbocycles. The molecule has 0 fully saturated rings. The summed E-state index contributed by atoms with van der Waals surface area (Å²) in [6.07, 6.45) is 6.21. The number of ether oxygens (including phenoxy) is 1. The van der Waals surface area contributed by atoms with E-state index in [9.17, 15) is 4.79 Å². The molecule has 0 radical (unpaired) electrons. The molecule has 0 bridgehead atoms. The largest absolute Gasteiger partial charge is 0.373 e. The van der Waals surface area contributed by atoms with Gasteiger partial charge in [0, 0.05) is 25.2 Å². The van der Waals surface area contributed by atoms with Crippen molar-refractivity contribution >= 4 is 5.78 Å². The lowest BCUT2D eigenvalue weighted by Crippen LogP contribution is -2.19. The zero-order valence-electron chi connectivity index (χ0n) is 12.0. The van der Waals surface area contributed by atoms with E-state index in [0.29, 0.717) is 19.4 Å². The fourth-order valence-electron chi connectivity index (χ4n) is 2.78. The van der Waals surface area contributed by atoms with Crippen LogP contribution in [0.3, 0.4) is 0 Å². The van der Waals surface area contributed by atoms with Crippen LogP contribution in [0.1, 0.15) is 35.6 Å². The van der Waals surface area contributed by atoms with Gasteiger partial charge in [-0.25, -0.2) is 0 Å². The lowest BCUT2D eigenvalue weighted by atomic mass is 9.93. The minimum atomic E-state index is -0.0728. The van der Waals surface area contributed by atoms with Gasteiger partial charge in [-0.15, -0.1) is 0 Å². The number of benzene rings is 1. The molecule has 3 rings (SSSR count). The molecule has 1 atom stereocenters. The molecule has 21 heavy (non-hydrogen) atoms. The van der Waals surface area contributed by atoms with Gasteiger partial charge in [0.1, 0.15) is 5.78 Å². The third kappa shape index (κ3) is 3.56. The van der Waals surface area contributed by atoms with Crippen LogP contribution >= 0.6 is 0 Å². The van der Waals surface area contributed by atoms with Crippen LogP contribution in [0.4, 0.5) is 0 Å². The van der Waals surface area contributed by atoms with E-state index in [-0.39, 0.29) is 11.9 Å². The fourth-order valence-corrected chi connectivity index (χ4v) is 2.78. The minimum Gasteiger partial charge on any atom is -0.373 e. The monoisotopic (exact) mass is 281 g/mol. The second-order valence-corrected chi connectivity index (χ2v) is 5.41. The molecule has 1 unspecified atom stereocenters. The van der Waals surface area contributed by atoms with Gasteiger partial charge in [0.2, 0.25) is 0 Å². The third-order valence-corrected chi connectivity index (χ3v) is 3.92. The van der Waals surface area contributed by atoms with Gasteiger partial charge < -0.3 is 4.74 Å². The zero-order valence-corrected chi connectivity index (χ0v) is 12.0. The molecule has 1 aliphatic heterocycles. The normalized spacial score (nSPS) is 17.2. The van der Waals surface area contributed by atoms with Crippen molar-refractivity contribution in [2.24, 2.45) is 0 Å². The number of aryl methyl sites for hydroxylation is 1. The molecule has 2 heterocycles. The first kappa shape index (κ1) is 14.0. The molecular formula is C18H19NO2. The van der Waals surface area contributed by atoms with Crippen molar-refractivity contribution in [3.8, 4) is 0 Å². The van der Waals surface area contributed by atoms with Crippen molar-refractivity contribution in [1.29, 1.82) is 0 Å². The fraction of sp³-hybridized carbons (Fsp3) is 0.333. The van der Waals surface area contributed by atoms with E-state index < -0.39 is 0 Å². The van der Waals surface area contributed by atoms with Gasteiger partial charge in [0.25, 0.3) is 0 Å². The van der Waals surface area contributed by atoms with Crippen molar-refractivity contribution < 1.29 is 9.53 Å². The molecule has 108 valence electrons. The molecule has 0 saturated carbocycles. The highest BCUT2D eigenvalue weighted by Crippen LogP contribution is 2.30. The van der Waals surface area contributed by atoms with Crippen LogP contribution in [0.5, 0.6) is 0 Å². The molecule has 3 heteroatoms. The van der Waals surface area contributed by atoms with Crippen molar-refractivity contribution in [2.75, 3.05) is 6.61 Å². The second-order valence-electron chi connectivity index (χ2n) is 5.41. The lowest BCUT2D eigenvalue weighted by molar-refractivity contribution is -0.122. The summed E-state index contributed by atoms with van der Waals surface area (Å²) >= 11 is 0. The minimum absolute atomic E-state index is 0.0728. The molecule has 0 amide bonds. The van der Waals surface area contributed by atoms with Crippen LogP contribution in [-0.4, -0.2) is 17.4 Å². The standard InChI is InChI=1S/C18H19NO2/c20-16(8-7-14-4-3-10-19-13-14)12-18-17-6-2-1-5-15(17)9-11-21-18/h1-6,10,13,18H,7-9,11-12H2. The van der Waals surface area contributed by atoms with Crippen molar-refractivity contribution in [3.63, 3.8) is 0 Å². The number of carbonyl (C=O) groups is 1. The number of rotatable bonds is 5. The van der Waals surface area contributed by atoms with E-state index in [4.69, 9.17) is 4.74 Å². The summed E-state index contributed by atoms with van der Waals surface area (Å²) in [6.45, 7) is 0.706. The van der Waals surface area contributed by atoms with E-state index in [1.807, 2.05) is 30.5 Å². The number of hydrogen-bond donors (Lipinski definition) is 0. The number of pyridine rings is 1. The lowest BCUT2D eigenvalue weighted by Gasteiger charge is -2.25. The van der Waals surface area contributed by atoms with Gasteiger partial charge in [-0.05, 0) is 35.6 Å². The number of nitrogens with zero attached hydrogens (tertiary/aromatic N) is 1. The van der Waals surface area contributed by atoms with E-state index in [1.165, 1.54) is 11.1 Å². The van der Waals surface area contributed by atoms with E-state index in [1.54, 1.807) is 6.20 Å². The topological polar surface area (TPSA) is 39.2 Å². The van der Waals surface area contributed by atoms with E-state index >= 15 is 0 Å². The van der Waals surface area contributed by atoms with Crippen LogP contribution < -0.4 is 0 Å². The Labute approximate surface area is 125 Å². The molecular weight excluding hydrogens is 262 g/mol. The predicted molar refractivity (Wildman–Crippen MR) is 81.0 cm³/mol. The number of carbonyl (C=O) groups excluding carboxylic acids is 1. The molecule has 0 aliphatic carbocycles. The number of Topliss-reactive ketones (excluding diaryl/α,β-unsaturated/α-hetero) is 1. The Hall–Kier alpha value is -2.00. The van der Waals surface area contributed by atoms with Crippen molar-refractivity contribution in [3.05, 3.63) is 65.5 Å². The second kappa shape index (κ2) is 6.64. The van der Waals surface area contributed by atoms with Crippen LogP contribution in [0.25, 0.3) is 0 Å². The summed E-state index contributed by atoms with van der Waals surface area (Å²) in [6, 6.07) is 12.2. The van der Waals surface area contributed by atoms with Gasteiger partial charge in [-0.1, -0.05) is 30.3 Å². The summed E-state index contributed by atoms with van der Waals surface area (Å²) in [5.41, 5.74) is 3.60. The maximum absolute atomic E-state index is 12.2. The Morgan fingerprint density at radius 2 is 2.14 bits per heavy atom. The Bertz CT molecular complexity index is 610. The summed E-state index contributed by atoms with van der Waals surface area (Å²) in [5, 5.41) is 0. The zero-order chi connectivity index (χ0) is 14.5. The number of fused-ring (bicyclic) bond motifs is 1. The summed E-state index contributed by atoms with van der Waals surface area (Å²) in [5.74, 6) is 0.251. The Balaban J connectivity index is 1.58. The first-order valence-corrected chi connectivity index (χ1v) is 7.43. The first-order valence-electron chi connectivity index (χ1n) is 7.43. The molecule has 0 spiro atoms. The van der Waals surface area contributed by atoms with Gasteiger partial charge in [0.15, 0.2) is 0 Å². The highest BCUT2D eigenvalue weighted by molar-refractivity contribution is 5.79.